The molecular formula is C77H100F7O18S4Y-. The molecule has 9 fully saturated rings. The fraction of sp³-hybridized carbons (Fsp3) is 0.714. The van der Waals surface area contributed by atoms with Gasteiger partial charge in [0.15, 0.2) is 51.2 Å². The maximum absolute atomic E-state index is 17.3. The van der Waals surface area contributed by atoms with Crippen LogP contribution >= 0.6 is 48.2 Å². The van der Waals surface area contributed by atoms with E-state index in [2.05, 4.69) is 33.4 Å². The zero-order valence-electron chi connectivity index (χ0n) is 62.8. The summed E-state index contributed by atoms with van der Waals surface area (Å²) in [7, 11) is 1.32. The minimum atomic E-state index is -2.30. The fourth-order valence-corrected chi connectivity index (χ4v) is 25.4. The number of hydrogen-bond donors (Lipinski definition) is 4. The molecule has 0 saturated heterocycles. The van der Waals surface area contributed by atoms with Crippen LogP contribution in [0.25, 0.3) is 0 Å². The van der Waals surface area contributed by atoms with Crippen molar-refractivity contribution in [1.82, 2.24) is 0 Å². The molecule has 12 aliphatic carbocycles. The molecule has 107 heavy (non-hydrogen) atoms. The van der Waals surface area contributed by atoms with Gasteiger partial charge in [0.25, 0.3) is 0 Å². The van der Waals surface area contributed by atoms with Crippen LogP contribution in [-0.2, 0) is 104 Å². The summed E-state index contributed by atoms with van der Waals surface area (Å²) in [6, 6.07) is -1.02. The average molecular weight is 1660 g/mol. The first-order chi connectivity index (χ1) is 49.4. The van der Waals surface area contributed by atoms with Crippen molar-refractivity contribution in [2.75, 3.05) is 18.9 Å². The van der Waals surface area contributed by atoms with Gasteiger partial charge < -0.3 is 29.5 Å². The minimum Gasteiger partial charge on any atom is -0.449 e. The predicted molar refractivity (Wildman–Crippen MR) is 385 cm³/mol. The zero-order valence-corrected chi connectivity index (χ0v) is 69.0. The molecule has 9 saturated carbocycles. The third-order valence-corrected chi connectivity index (χ3v) is 30.0. The number of allylic oxidation sites excluding steroid dienone is 12. The quantitative estimate of drug-likeness (QED) is 0.0195. The summed E-state index contributed by atoms with van der Waals surface area (Å²) < 4.78 is 133. The smallest absolute Gasteiger partial charge is 0.306 e. The number of carbonyl (C=O) groups excluding carboxylic acids is 9. The Morgan fingerprint density at radius 3 is 1.02 bits per heavy atom. The van der Waals surface area contributed by atoms with E-state index in [9.17, 15) is 62.9 Å². The largest absolute Gasteiger partial charge is 0.449 e. The molecule has 18 nitrogen and oxygen atoms in total. The summed E-state index contributed by atoms with van der Waals surface area (Å²) >= 11 is 5.32. The number of thioether (sulfide) groups is 3. The van der Waals surface area contributed by atoms with Crippen LogP contribution in [0, 0.1) is 92.0 Å². The van der Waals surface area contributed by atoms with E-state index in [1.54, 1.807) is 62.3 Å². The Hall–Kier alpha value is -3.36. The monoisotopic (exact) mass is 1660 g/mol. The predicted octanol–water partition coefficient (Wildman–Crippen LogP) is 13.6. The molecule has 3 N–H and O–H groups in total. The molecule has 0 aromatic rings. The number of ketones is 3. The molecule has 593 valence electrons. The summed E-state index contributed by atoms with van der Waals surface area (Å²) in [5, 5.41) is 36.5. The number of aliphatic hydroxyl groups excluding tert-OH is 3. The standard InChI is InChI=1S/C26H34F2O5S.C25H31F3O5S.C25H31F2O5S.CH4O3S.Y/c1-6-21(31)33-26(22(32)34-7-2)14(3)10-16-17-12-19(27)18-11-15(29)8-9-23(18,4)25(17,28)20(30)13-24(16,26)5;1-5-20(31)33-25(21(32)34-12-26)13(2)8-15-16-10-18(27)17-9-14(29)6-7-22(17,3)24(16,28)19(30)11-23(15,25)4;1-6-20(30)32-25(21(31)33-5)13(2)9-15-16-11-18(26)17-10-14(28)7-8-22(17,3)24(16,27)19(29)12-23(15,25)4;1-2-3-4-5;/h8-9,11,14,16-17,19-20,30H,6-7,10,12-13H2,1-5H3;6-7,9,13,15-16,18-19,30H,5,8,10-12H2,1-4H3;7-8,10,13,15-16,18-19,29H,5-6,9,11-12H2,1-4H3;5H,1H3;/q;;-1;;/t14-,16+,17?,19+,20+,23+,24+,25+,26+;2*13-,15+,16?,18+,19+,22+,23+,24+,25+;;/m111../s1. The van der Waals surface area contributed by atoms with Crippen molar-refractivity contribution in [3.63, 3.8) is 0 Å². The number of ether oxygens (including phenoxy) is 3. The summed E-state index contributed by atoms with van der Waals surface area (Å²) in [6.45, 7) is 21.8. The number of hydrogen-bond acceptors (Lipinski definition) is 22. The van der Waals surface area contributed by atoms with E-state index in [0.29, 0.717) is 42.1 Å². The maximum Gasteiger partial charge on any atom is 0.306 e. The van der Waals surface area contributed by atoms with Crippen LogP contribution in [0.1, 0.15) is 167 Å². The third kappa shape index (κ3) is 13.0. The number of fused-ring (bicyclic) bond motifs is 15. The van der Waals surface area contributed by atoms with Crippen molar-refractivity contribution < 1.29 is 150 Å². The van der Waals surface area contributed by atoms with Gasteiger partial charge in [0.05, 0.1) is 25.4 Å². The van der Waals surface area contributed by atoms with Gasteiger partial charge in [0.2, 0.25) is 15.3 Å². The molecule has 0 amide bonds. The Morgan fingerprint density at radius 2 is 0.785 bits per heavy atom. The van der Waals surface area contributed by atoms with Gasteiger partial charge in [-0.25, -0.2) is 35.6 Å². The molecule has 0 aromatic heterocycles. The van der Waals surface area contributed by atoms with E-state index >= 15 is 26.3 Å². The first-order valence-corrected chi connectivity index (χ1v) is 39.6. The van der Waals surface area contributed by atoms with Crippen LogP contribution in [0.15, 0.2) is 71.4 Å². The van der Waals surface area contributed by atoms with Gasteiger partial charge in [-0.3, -0.25) is 61.2 Å². The van der Waals surface area contributed by atoms with Crippen molar-refractivity contribution in [3.05, 3.63) is 77.7 Å². The van der Waals surface area contributed by atoms with E-state index in [1.807, 2.05) is 13.8 Å². The molecule has 0 aliphatic heterocycles. The Labute approximate surface area is 664 Å². The second-order valence-corrected chi connectivity index (χ2v) is 35.1. The molecule has 12 aliphatic rings. The maximum atomic E-state index is 17.3. The third-order valence-electron chi connectivity index (χ3n) is 27.8. The minimum absolute atomic E-state index is 0. The molecule has 0 aromatic carbocycles. The van der Waals surface area contributed by atoms with Crippen molar-refractivity contribution in [3.8, 4) is 0 Å². The van der Waals surface area contributed by atoms with Crippen molar-refractivity contribution in [2.45, 2.75) is 238 Å². The summed E-state index contributed by atoms with van der Waals surface area (Å²) in [5.74, 6) is -8.46. The van der Waals surface area contributed by atoms with Crippen molar-refractivity contribution in [1.29, 1.82) is 0 Å². The van der Waals surface area contributed by atoms with Crippen molar-refractivity contribution >= 4 is 98.8 Å². The van der Waals surface area contributed by atoms with E-state index in [0.717, 1.165) is 30.0 Å². The van der Waals surface area contributed by atoms with Gasteiger partial charge in [-0.15, -0.1) is 4.33 Å². The van der Waals surface area contributed by atoms with Gasteiger partial charge >= 0.3 is 17.9 Å². The molecule has 27 atom stereocenters. The summed E-state index contributed by atoms with van der Waals surface area (Å²) in [4.78, 5) is 118. The second kappa shape index (κ2) is 32.1. The topological polar surface area (TPSA) is 270 Å². The van der Waals surface area contributed by atoms with E-state index in [1.165, 1.54) is 57.4 Å². The van der Waals surface area contributed by atoms with Gasteiger partial charge in [0, 0.05) is 133 Å². The Kier molecular flexibility index (Phi) is 26.8. The van der Waals surface area contributed by atoms with E-state index in [-0.39, 0.29) is 119 Å². The number of aliphatic hydroxyl groups is 3. The Morgan fingerprint density at radius 1 is 0.505 bits per heavy atom. The molecule has 0 spiro atoms. The SMILES string of the molecule is CCC(=O)O[C@]1(C(=O)SCF)[C@H](C)C[C@H]2C3C[C@H](F)C4=CC(=O)C=C[C@]4(C)[C@@]3(F)[C@@H](O)C[C@@]21C.CCSC(=O)[C@@]1(OC(=O)CC)[C@H](C)C[C@H]2C3C[C@H](F)C4=CC(=O)C=C[C@]4(C)[C@@]3(F)[C@@H](O)C[C@@]21C.COOOS.[CH2-]SC(=O)[C@@]1(OC(=O)CC)[C@H](C)C[C@H]2C3C[C@H](F)C4=CC(=O)C=C[C@]4(C)[C@@]3(F)[C@@H](O)C[C@@]21C.[Y]. The molecular weight excluding hydrogens is 1560 g/mol. The van der Waals surface area contributed by atoms with Crippen LogP contribution in [0.2, 0.25) is 0 Å². The van der Waals surface area contributed by atoms with Gasteiger partial charge in [-0.05, 0) is 167 Å². The van der Waals surface area contributed by atoms with Gasteiger partial charge in [-0.1, -0.05) is 104 Å². The number of esters is 3. The number of alkyl halides is 7. The zero-order chi connectivity index (χ0) is 79.2. The number of thiol groups is 1. The average Bonchev–Trinajstić information content (AvgIpc) is 1.61. The molecule has 0 heterocycles. The first-order valence-electron chi connectivity index (χ1n) is 36.3. The normalized spacial score (nSPS) is 45.4. The van der Waals surface area contributed by atoms with E-state index < -0.39 is 208 Å². The van der Waals surface area contributed by atoms with Gasteiger partial charge in [-0.2, -0.15) is 0 Å². The number of halogens is 7. The number of carbonyl (C=O) groups is 9. The molecule has 0 bridgehead atoms. The molecule has 3 unspecified atom stereocenters. The van der Waals surface area contributed by atoms with Crippen molar-refractivity contribution in [2.24, 2.45) is 85.8 Å². The van der Waals surface area contributed by atoms with Crippen LogP contribution in [0.5, 0.6) is 0 Å². The van der Waals surface area contributed by atoms with Crippen LogP contribution in [-0.4, -0.2) is 155 Å². The Balaban J connectivity index is 0.000000195. The van der Waals surface area contributed by atoms with E-state index in [4.69, 9.17) is 14.2 Å². The second-order valence-electron chi connectivity index (χ2n) is 32.2. The molecule has 30 heteroatoms. The molecule has 1 radical (unpaired) electrons. The summed E-state index contributed by atoms with van der Waals surface area (Å²) in [5.41, 5.74) is -19.5. The molecule has 12 rings (SSSR count). The summed E-state index contributed by atoms with van der Waals surface area (Å²) in [6.07, 6.45) is 5.34. The van der Waals surface area contributed by atoms with Crippen LogP contribution in [0.3, 0.4) is 0 Å². The van der Waals surface area contributed by atoms with Gasteiger partial charge in [0.1, 0.15) is 24.5 Å². The Bertz CT molecular complexity index is 3580. The fourth-order valence-electron chi connectivity index (χ4n) is 22.9. The van der Waals surface area contributed by atoms with Crippen LogP contribution < -0.4 is 0 Å². The first kappa shape index (κ1) is 89.2. The number of rotatable bonds is 13. The van der Waals surface area contributed by atoms with Crippen LogP contribution in [0.4, 0.5) is 30.7 Å².